The van der Waals surface area contributed by atoms with E-state index in [1.54, 1.807) is 0 Å². The monoisotopic (exact) mass is 352 g/mol. The Labute approximate surface area is 147 Å². The van der Waals surface area contributed by atoms with E-state index >= 15 is 0 Å². The standard InChI is InChI=1S/C19H13ClN2OS/c1-22-17-15(20)10-5-11-16(17)24-19(22)21-18(23)14-9-4-7-12-6-2-3-8-13(12)14/h2-11H,1H3. The molecule has 0 fully saturated rings. The lowest BCUT2D eigenvalue weighted by molar-refractivity contribution is 0.0999. The molecule has 3 aromatic carbocycles. The van der Waals surface area contributed by atoms with E-state index in [0.29, 0.717) is 15.4 Å². The molecule has 24 heavy (non-hydrogen) atoms. The molecule has 1 aromatic heterocycles. The van der Waals surface area contributed by atoms with E-state index in [4.69, 9.17) is 11.6 Å². The van der Waals surface area contributed by atoms with Crippen LogP contribution >= 0.6 is 22.9 Å². The summed E-state index contributed by atoms with van der Waals surface area (Å²) in [5.41, 5.74) is 1.50. The highest BCUT2D eigenvalue weighted by Crippen LogP contribution is 2.24. The first-order chi connectivity index (χ1) is 11.6. The molecular formula is C19H13ClN2OS. The lowest BCUT2D eigenvalue weighted by atomic mass is 10.0. The summed E-state index contributed by atoms with van der Waals surface area (Å²) >= 11 is 7.72. The Morgan fingerprint density at radius 2 is 1.79 bits per heavy atom. The molecule has 0 aliphatic rings. The zero-order chi connectivity index (χ0) is 16.7. The zero-order valence-corrected chi connectivity index (χ0v) is 14.4. The topological polar surface area (TPSA) is 34.4 Å². The maximum Gasteiger partial charge on any atom is 0.280 e. The fourth-order valence-corrected chi connectivity index (χ4v) is 4.22. The van der Waals surface area contributed by atoms with Gasteiger partial charge in [0.2, 0.25) is 0 Å². The molecule has 0 saturated heterocycles. The maximum atomic E-state index is 12.7. The van der Waals surface area contributed by atoms with Gasteiger partial charge >= 0.3 is 0 Å². The second kappa shape index (κ2) is 5.89. The van der Waals surface area contributed by atoms with Gasteiger partial charge in [-0.05, 0) is 29.0 Å². The van der Waals surface area contributed by atoms with Crippen LogP contribution in [0.2, 0.25) is 5.02 Å². The van der Waals surface area contributed by atoms with Crippen LogP contribution in [0.15, 0.2) is 65.7 Å². The lowest BCUT2D eigenvalue weighted by Gasteiger charge is -2.02. The number of benzene rings is 3. The van der Waals surface area contributed by atoms with Crippen molar-refractivity contribution in [2.75, 3.05) is 0 Å². The molecular weight excluding hydrogens is 340 g/mol. The van der Waals surface area contributed by atoms with Gasteiger partial charge in [-0.1, -0.05) is 65.4 Å². The van der Waals surface area contributed by atoms with E-state index in [1.165, 1.54) is 11.3 Å². The number of hydrogen-bond donors (Lipinski definition) is 0. The third kappa shape index (κ3) is 2.44. The quantitative estimate of drug-likeness (QED) is 0.485. The number of para-hydroxylation sites is 1. The summed E-state index contributed by atoms with van der Waals surface area (Å²) in [6, 6.07) is 19.2. The molecule has 0 bridgehead atoms. The van der Waals surface area contributed by atoms with Gasteiger partial charge in [-0.25, -0.2) is 0 Å². The van der Waals surface area contributed by atoms with E-state index in [-0.39, 0.29) is 5.91 Å². The summed E-state index contributed by atoms with van der Waals surface area (Å²) < 4.78 is 2.88. The maximum absolute atomic E-state index is 12.7. The van der Waals surface area contributed by atoms with Crippen LogP contribution in [0.1, 0.15) is 10.4 Å². The number of nitrogens with zero attached hydrogens (tertiary/aromatic N) is 2. The highest BCUT2D eigenvalue weighted by atomic mass is 35.5. The second-order valence-corrected chi connectivity index (χ2v) is 6.89. The van der Waals surface area contributed by atoms with Crippen molar-refractivity contribution in [1.29, 1.82) is 0 Å². The number of thiazole rings is 1. The molecule has 0 aliphatic carbocycles. The van der Waals surface area contributed by atoms with Crippen molar-refractivity contribution < 1.29 is 4.79 Å². The molecule has 1 amide bonds. The minimum Gasteiger partial charge on any atom is -0.318 e. The summed E-state index contributed by atoms with van der Waals surface area (Å²) in [4.78, 5) is 17.7. The van der Waals surface area contributed by atoms with Crippen LogP contribution in [-0.4, -0.2) is 10.5 Å². The highest BCUT2D eigenvalue weighted by molar-refractivity contribution is 7.16. The van der Waals surface area contributed by atoms with E-state index < -0.39 is 0 Å². The van der Waals surface area contributed by atoms with Gasteiger partial charge in [0.15, 0.2) is 4.80 Å². The van der Waals surface area contributed by atoms with Crippen LogP contribution < -0.4 is 4.80 Å². The van der Waals surface area contributed by atoms with Gasteiger partial charge in [-0.15, -0.1) is 0 Å². The van der Waals surface area contributed by atoms with Crippen LogP contribution in [0.5, 0.6) is 0 Å². The normalized spacial score (nSPS) is 12.2. The van der Waals surface area contributed by atoms with Gasteiger partial charge in [0.05, 0.1) is 15.2 Å². The fraction of sp³-hybridized carbons (Fsp3) is 0.0526. The van der Waals surface area contributed by atoms with E-state index in [2.05, 4.69) is 4.99 Å². The molecule has 4 aromatic rings. The molecule has 3 nitrogen and oxygen atoms in total. The fourth-order valence-electron chi connectivity index (χ4n) is 2.82. The Balaban J connectivity index is 1.91. The predicted molar refractivity (Wildman–Crippen MR) is 99.6 cm³/mol. The molecule has 118 valence electrons. The third-order valence-electron chi connectivity index (χ3n) is 3.99. The molecule has 0 N–H and O–H groups in total. The summed E-state index contributed by atoms with van der Waals surface area (Å²) in [5, 5.41) is 2.60. The SMILES string of the molecule is Cn1c(=NC(=O)c2cccc3ccccc23)sc2cccc(Cl)c21. The number of hydrogen-bond acceptors (Lipinski definition) is 2. The summed E-state index contributed by atoms with van der Waals surface area (Å²) in [7, 11) is 1.87. The number of halogens is 1. The molecule has 0 radical (unpaired) electrons. The van der Waals surface area contributed by atoms with Crippen molar-refractivity contribution in [1.82, 2.24) is 4.57 Å². The van der Waals surface area contributed by atoms with Crippen molar-refractivity contribution in [2.45, 2.75) is 0 Å². The van der Waals surface area contributed by atoms with Crippen molar-refractivity contribution in [3.8, 4) is 0 Å². The lowest BCUT2D eigenvalue weighted by Crippen LogP contribution is -2.13. The number of aromatic nitrogens is 1. The minimum atomic E-state index is -0.245. The minimum absolute atomic E-state index is 0.245. The van der Waals surface area contributed by atoms with E-state index in [0.717, 1.165) is 21.0 Å². The average Bonchev–Trinajstić information content (AvgIpc) is 2.91. The van der Waals surface area contributed by atoms with Gasteiger partial charge in [-0.2, -0.15) is 4.99 Å². The number of aryl methyl sites for hydroxylation is 1. The molecule has 4 rings (SSSR count). The molecule has 0 spiro atoms. The van der Waals surface area contributed by atoms with Crippen molar-refractivity contribution in [3.05, 3.63) is 76.1 Å². The van der Waals surface area contributed by atoms with Crippen molar-refractivity contribution in [2.24, 2.45) is 12.0 Å². The Kier molecular flexibility index (Phi) is 3.71. The molecule has 0 saturated carbocycles. The first-order valence-corrected chi connectivity index (χ1v) is 8.65. The smallest absolute Gasteiger partial charge is 0.280 e. The largest absolute Gasteiger partial charge is 0.318 e. The average molecular weight is 353 g/mol. The number of amides is 1. The molecule has 0 unspecified atom stereocenters. The van der Waals surface area contributed by atoms with Gasteiger partial charge < -0.3 is 4.57 Å². The molecule has 1 heterocycles. The Hall–Kier alpha value is -2.43. The molecule has 0 aliphatic heterocycles. The van der Waals surface area contributed by atoms with Crippen molar-refractivity contribution in [3.63, 3.8) is 0 Å². The van der Waals surface area contributed by atoms with Crippen LogP contribution in [-0.2, 0) is 7.05 Å². The molecule has 5 heteroatoms. The number of rotatable bonds is 1. The Morgan fingerprint density at radius 1 is 1.04 bits per heavy atom. The van der Waals surface area contributed by atoms with Gasteiger partial charge in [0.1, 0.15) is 0 Å². The van der Waals surface area contributed by atoms with E-state index in [1.807, 2.05) is 72.3 Å². The second-order valence-electron chi connectivity index (χ2n) is 5.47. The molecule has 0 atom stereocenters. The van der Waals surface area contributed by atoms with Crippen molar-refractivity contribution >= 4 is 49.8 Å². The van der Waals surface area contributed by atoms with Crippen LogP contribution in [0, 0.1) is 0 Å². The number of carbonyl (C=O) groups excluding carboxylic acids is 1. The van der Waals surface area contributed by atoms with Crippen LogP contribution in [0.3, 0.4) is 0 Å². The number of carbonyl (C=O) groups is 1. The van der Waals surface area contributed by atoms with Gasteiger partial charge in [-0.3, -0.25) is 4.79 Å². The highest BCUT2D eigenvalue weighted by Gasteiger charge is 2.11. The van der Waals surface area contributed by atoms with Crippen LogP contribution in [0.4, 0.5) is 0 Å². The van der Waals surface area contributed by atoms with Crippen LogP contribution in [0.25, 0.3) is 21.0 Å². The first-order valence-electron chi connectivity index (χ1n) is 7.46. The van der Waals surface area contributed by atoms with Gasteiger partial charge in [0.25, 0.3) is 5.91 Å². The van der Waals surface area contributed by atoms with E-state index in [9.17, 15) is 4.79 Å². The zero-order valence-electron chi connectivity index (χ0n) is 12.9. The summed E-state index contributed by atoms with van der Waals surface area (Å²) in [5.74, 6) is -0.245. The first kappa shape index (κ1) is 15.1. The van der Waals surface area contributed by atoms with Gasteiger partial charge in [0, 0.05) is 12.6 Å². The summed E-state index contributed by atoms with van der Waals surface area (Å²) in [6.45, 7) is 0. The predicted octanol–water partition coefficient (Wildman–Crippen LogP) is 4.79. The Morgan fingerprint density at radius 3 is 2.62 bits per heavy atom. The Bertz CT molecular complexity index is 1150. The summed E-state index contributed by atoms with van der Waals surface area (Å²) in [6.07, 6.45) is 0. The number of fused-ring (bicyclic) bond motifs is 2. The third-order valence-corrected chi connectivity index (χ3v) is 5.39.